The number of nitrogens with one attached hydrogen (secondary N) is 2. The Labute approximate surface area is 288 Å². The number of halogens is 3. The second kappa shape index (κ2) is 12.7. The van der Waals surface area contributed by atoms with Crippen molar-refractivity contribution in [2.24, 2.45) is 5.41 Å². The van der Waals surface area contributed by atoms with E-state index in [0.29, 0.717) is 35.5 Å². The molecule has 13 heteroatoms. The van der Waals surface area contributed by atoms with Crippen LogP contribution in [0.1, 0.15) is 67.9 Å². The van der Waals surface area contributed by atoms with Gasteiger partial charge in [0.25, 0.3) is 0 Å². The summed E-state index contributed by atoms with van der Waals surface area (Å²) >= 11 is 0. The predicted octanol–water partition coefficient (Wildman–Crippen LogP) is 6.14. The average Bonchev–Trinajstić information content (AvgIpc) is 3.52. The number of carbonyl (C=O) groups is 4. The minimum absolute atomic E-state index is 0.0684. The summed E-state index contributed by atoms with van der Waals surface area (Å²) < 4.78 is 48.6. The van der Waals surface area contributed by atoms with Crippen molar-refractivity contribution in [1.82, 2.24) is 14.8 Å². The highest BCUT2D eigenvalue weighted by atomic mass is 19.4. The molecule has 1 saturated carbocycles. The molecule has 2 N–H and O–H groups in total. The molecule has 0 radical (unpaired) electrons. The molecule has 264 valence electrons. The number of aromatic nitrogens is 1. The molecule has 4 amide bonds. The molecule has 50 heavy (non-hydrogen) atoms. The third-order valence-corrected chi connectivity index (χ3v) is 9.84. The number of pyridine rings is 1. The summed E-state index contributed by atoms with van der Waals surface area (Å²) in [5.74, 6) is -1.43. The standard InChI is InChI=1S/C37H40F3N5O5/c1-34(2,3)50-33(49)44(4)20-24-9-5-6-10-25(24)21-45(32(48)36(14-8-15-36)37(38,39)40)22-29(46)42-27-13-12-23-18-35(19-26(23)17-27)28-11-7-16-41-30(28)43-31(35)47/h5-7,9-13,16-17H,8,14-15,18-22H2,1-4H3,(H,42,46)(H,41,43,47). The lowest BCUT2D eigenvalue weighted by molar-refractivity contribution is -0.248. The fraction of sp³-hybridized carbons (Fsp3) is 0.432. The van der Waals surface area contributed by atoms with Gasteiger partial charge >= 0.3 is 12.3 Å². The van der Waals surface area contributed by atoms with Gasteiger partial charge in [0.05, 0.1) is 5.41 Å². The number of anilines is 2. The predicted molar refractivity (Wildman–Crippen MR) is 179 cm³/mol. The number of alkyl halides is 3. The lowest BCUT2D eigenvalue weighted by atomic mass is 9.67. The van der Waals surface area contributed by atoms with Crippen LogP contribution in [0.3, 0.4) is 0 Å². The van der Waals surface area contributed by atoms with E-state index >= 15 is 0 Å². The van der Waals surface area contributed by atoms with Crippen LogP contribution in [0.2, 0.25) is 0 Å². The summed E-state index contributed by atoms with van der Waals surface area (Å²) in [5, 5.41) is 5.63. The fourth-order valence-electron chi connectivity index (χ4n) is 7.10. The first-order valence-corrected chi connectivity index (χ1v) is 16.6. The highest BCUT2D eigenvalue weighted by Crippen LogP contribution is 2.54. The van der Waals surface area contributed by atoms with Crippen LogP contribution in [-0.4, -0.2) is 64.0 Å². The Bertz CT molecular complexity index is 1850. The van der Waals surface area contributed by atoms with E-state index in [4.69, 9.17) is 4.74 Å². The molecular formula is C37H40F3N5O5. The van der Waals surface area contributed by atoms with Crippen LogP contribution in [0, 0.1) is 5.41 Å². The molecule has 1 atom stereocenters. The van der Waals surface area contributed by atoms with Gasteiger partial charge in [-0.2, -0.15) is 13.2 Å². The van der Waals surface area contributed by atoms with Crippen molar-refractivity contribution < 1.29 is 37.1 Å². The summed E-state index contributed by atoms with van der Waals surface area (Å²) in [5.41, 5.74) is -0.00801. The first-order valence-electron chi connectivity index (χ1n) is 16.6. The molecule has 6 rings (SSSR count). The van der Waals surface area contributed by atoms with Crippen molar-refractivity contribution in [2.45, 2.75) is 83.2 Å². The Morgan fingerprint density at radius 3 is 2.28 bits per heavy atom. The number of hydrogen-bond acceptors (Lipinski definition) is 6. The lowest BCUT2D eigenvalue weighted by Gasteiger charge is -2.44. The van der Waals surface area contributed by atoms with Crippen molar-refractivity contribution in [2.75, 3.05) is 24.2 Å². The SMILES string of the molecule is CN(Cc1ccccc1CN(CC(=O)Nc1ccc2c(c1)CC1(C2)C(=O)Nc2ncccc21)C(=O)C1(C(F)(F)F)CCC1)C(=O)OC(C)(C)C. The molecule has 2 heterocycles. The summed E-state index contributed by atoms with van der Waals surface area (Å²) in [4.78, 5) is 59.7. The maximum atomic E-state index is 14.4. The summed E-state index contributed by atoms with van der Waals surface area (Å²) in [6.07, 6.45) is -3.36. The van der Waals surface area contributed by atoms with Crippen molar-refractivity contribution in [1.29, 1.82) is 0 Å². The van der Waals surface area contributed by atoms with Crippen LogP contribution < -0.4 is 10.6 Å². The number of rotatable bonds is 8. The smallest absolute Gasteiger partial charge is 0.410 e. The monoisotopic (exact) mass is 691 g/mol. The van der Waals surface area contributed by atoms with Crippen molar-refractivity contribution in [3.05, 3.63) is 88.6 Å². The summed E-state index contributed by atoms with van der Waals surface area (Å²) in [7, 11) is 1.54. The summed E-state index contributed by atoms with van der Waals surface area (Å²) in [6.45, 7) is 4.37. The van der Waals surface area contributed by atoms with E-state index in [0.717, 1.165) is 21.6 Å². The van der Waals surface area contributed by atoms with Gasteiger partial charge in [0.2, 0.25) is 17.7 Å². The van der Waals surface area contributed by atoms with Crippen LogP contribution in [0.5, 0.6) is 0 Å². The van der Waals surface area contributed by atoms with Crippen molar-refractivity contribution in [3.8, 4) is 0 Å². The molecule has 0 bridgehead atoms. The minimum Gasteiger partial charge on any atom is -0.444 e. The number of carbonyl (C=O) groups excluding carboxylic acids is 4. The number of hydrogen-bond donors (Lipinski definition) is 2. The van der Waals surface area contributed by atoms with Crippen LogP contribution in [0.25, 0.3) is 0 Å². The topological polar surface area (TPSA) is 121 Å². The van der Waals surface area contributed by atoms with Gasteiger partial charge in [-0.15, -0.1) is 0 Å². The van der Waals surface area contributed by atoms with E-state index in [9.17, 15) is 32.3 Å². The van der Waals surface area contributed by atoms with Crippen molar-refractivity contribution >= 4 is 35.3 Å². The number of benzene rings is 2. The molecule has 2 aromatic carbocycles. The number of amides is 4. The average molecular weight is 692 g/mol. The highest BCUT2D eigenvalue weighted by molar-refractivity contribution is 6.06. The van der Waals surface area contributed by atoms with Gasteiger partial charge in [0, 0.05) is 37.6 Å². The first kappa shape index (κ1) is 34.9. The maximum Gasteiger partial charge on any atom is 0.410 e. The lowest BCUT2D eigenvalue weighted by Crippen LogP contribution is -2.57. The van der Waals surface area contributed by atoms with Crippen LogP contribution in [0.15, 0.2) is 60.8 Å². The third-order valence-electron chi connectivity index (χ3n) is 9.84. The zero-order valence-electron chi connectivity index (χ0n) is 28.4. The molecular weight excluding hydrogens is 651 g/mol. The molecule has 3 aliphatic rings. The van der Waals surface area contributed by atoms with Gasteiger partial charge in [-0.05, 0) is 86.9 Å². The first-order chi connectivity index (χ1) is 23.5. The zero-order chi connectivity index (χ0) is 36.1. The van der Waals surface area contributed by atoms with Gasteiger partial charge in [0.15, 0.2) is 0 Å². The Morgan fingerprint density at radius 2 is 1.64 bits per heavy atom. The Balaban J connectivity index is 1.22. The Hall–Kier alpha value is -4.94. The second-order valence-corrected chi connectivity index (χ2v) is 14.5. The zero-order valence-corrected chi connectivity index (χ0v) is 28.4. The van der Waals surface area contributed by atoms with Crippen LogP contribution >= 0.6 is 0 Å². The summed E-state index contributed by atoms with van der Waals surface area (Å²) in [6, 6.07) is 15.7. The normalized spacial score (nSPS) is 18.8. The molecule has 2 aliphatic carbocycles. The van der Waals surface area contributed by atoms with Crippen LogP contribution in [-0.2, 0) is 50.5 Å². The minimum atomic E-state index is -4.79. The highest BCUT2D eigenvalue weighted by Gasteiger charge is 2.64. The maximum absolute atomic E-state index is 14.4. The molecule has 1 aliphatic heterocycles. The van der Waals surface area contributed by atoms with E-state index in [1.807, 2.05) is 12.1 Å². The molecule has 1 spiro atoms. The molecule has 1 fully saturated rings. The number of fused-ring (bicyclic) bond motifs is 3. The van der Waals surface area contributed by atoms with Gasteiger partial charge in [-0.1, -0.05) is 42.8 Å². The van der Waals surface area contributed by atoms with Gasteiger partial charge < -0.3 is 25.2 Å². The van der Waals surface area contributed by atoms with Crippen molar-refractivity contribution in [3.63, 3.8) is 0 Å². The number of nitrogens with zero attached hydrogens (tertiary/aromatic N) is 3. The molecule has 10 nitrogen and oxygen atoms in total. The van der Waals surface area contributed by atoms with E-state index in [1.54, 1.807) is 76.5 Å². The molecule has 0 saturated heterocycles. The largest absolute Gasteiger partial charge is 0.444 e. The van der Waals surface area contributed by atoms with Crippen LogP contribution in [0.4, 0.5) is 29.5 Å². The quantitative estimate of drug-likeness (QED) is 0.293. The second-order valence-electron chi connectivity index (χ2n) is 14.5. The van der Waals surface area contributed by atoms with E-state index in [-0.39, 0.29) is 38.3 Å². The van der Waals surface area contributed by atoms with Gasteiger partial charge in [-0.25, -0.2) is 9.78 Å². The van der Waals surface area contributed by atoms with E-state index in [1.165, 1.54) is 4.90 Å². The fourth-order valence-corrected chi connectivity index (χ4v) is 7.10. The Kier molecular flexibility index (Phi) is 8.90. The van der Waals surface area contributed by atoms with E-state index in [2.05, 4.69) is 15.6 Å². The third kappa shape index (κ3) is 6.52. The van der Waals surface area contributed by atoms with E-state index < -0.39 is 47.1 Å². The molecule has 3 aromatic rings. The number of ether oxygens (including phenoxy) is 1. The molecule has 1 aromatic heterocycles. The van der Waals surface area contributed by atoms with Gasteiger partial charge in [-0.3, -0.25) is 14.4 Å². The van der Waals surface area contributed by atoms with Gasteiger partial charge in [0.1, 0.15) is 23.4 Å². The molecule has 1 unspecified atom stereocenters. The Morgan fingerprint density at radius 1 is 0.960 bits per heavy atom.